The second kappa shape index (κ2) is 9.85. The van der Waals surface area contributed by atoms with Crippen LogP contribution in [0.5, 0.6) is 0 Å². The summed E-state index contributed by atoms with van der Waals surface area (Å²) in [5.41, 5.74) is 5.34. The highest BCUT2D eigenvalue weighted by atomic mass is 16.5. The number of aliphatic carboxylic acids is 1. The number of aliphatic hydroxyl groups excluding tert-OH is 2. The number of carboxylic acid groups (broad SMARTS) is 1. The Morgan fingerprint density at radius 3 is 2.18 bits per heavy atom. The number of hydrogen-bond donors (Lipinski definition) is 4. The maximum absolute atomic E-state index is 12.3. The Labute approximate surface area is 191 Å². The number of fused-ring (bicyclic) bond motifs is 3. The molecule has 0 fully saturated rings. The lowest BCUT2D eigenvalue weighted by Crippen LogP contribution is -2.36. The van der Waals surface area contributed by atoms with Crippen molar-refractivity contribution in [2.24, 2.45) is 0 Å². The fourth-order valence-electron chi connectivity index (χ4n) is 4.23. The Morgan fingerprint density at radius 1 is 0.909 bits per heavy atom. The van der Waals surface area contributed by atoms with E-state index in [4.69, 9.17) is 9.84 Å². The minimum atomic E-state index is -1.29. The summed E-state index contributed by atoms with van der Waals surface area (Å²) in [6.07, 6.45) is -3.45. The molecule has 7 heteroatoms. The molecular weight excluding hydrogens is 422 g/mol. The monoisotopic (exact) mass is 447 g/mol. The molecule has 0 aliphatic heterocycles. The highest BCUT2D eigenvalue weighted by Crippen LogP contribution is 2.44. The van der Waals surface area contributed by atoms with Crippen LogP contribution in [0.3, 0.4) is 0 Å². The molecule has 7 nitrogen and oxygen atoms in total. The standard InChI is InChI=1S/C26H25NO6/c28-23(25(31)17-7-5-6-16(12-17)13-24(29)30)14-27-26(32)33-15-22-20-10-3-1-8-18(20)19-9-2-4-11-21(19)22/h1-12,22-23,25,28,31H,13-15H2,(H,27,32)(H,29,30). The first-order chi connectivity index (χ1) is 15.9. The Morgan fingerprint density at radius 2 is 1.55 bits per heavy atom. The first kappa shape index (κ1) is 22.5. The van der Waals surface area contributed by atoms with Gasteiger partial charge in [-0.2, -0.15) is 0 Å². The van der Waals surface area contributed by atoms with Gasteiger partial charge in [0.25, 0.3) is 0 Å². The van der Waals surface area contributed by atoms with Crippen molar-refractivity contribution < 1.29 is 29.6 Å². The second-order valence-corrected chi connectivity index (χ2v) is 8.03. The van der Waals surface area contributed by atoms with Gasteiger partial charge in [0.15, 0.2) is 0 Å². The van der Waals surface area contributed by atoms with Gasteiger partial charge in [0.2, 0.25) is 0 Å². The highest BCUT2D eigenvalue weighted by Gasteiger charge is 2.29. The molecule has 1 aliphatic rings. The normalized spacial score (nSPS) is 14.1. The molecule has 0 saturated heterocycles. The topological polar surface area (TPSA) is 116 Å². The van der Waals surface area contributed by atoms with Gasteiger partial charge in [0, 0.05) is 12.5 Å². The summed E-state index contributed by atoms with van der Waals surface area (Å²) >= 11 is 0. The predicted octanol–water partition coefficient (Wildman–Crippen LogP) is 3.25. The Hall–Kier alpha value is -3.68. The molecule has 0 bridgehead atoms. The van der Waals surface area contributed by atoms with Crippen LogP contribution < -0.4 is 5.32 Å². The summed E-state index contributed by atoms with van der Waals surface area (Å²) in [6.45, 7) is -0.0727. The van der Waals surface area contributed by atoms with Crippen molar-refractivity contribution >= 4 is 12.1 Å². The van der Waals surface area contributed by atoms with Crippen molar-refractivity contribution in [3.63, 3.8) is 0 Å². The molecule has 170 valence electrons. The van der Waals surface area contributed by atoms with Gasteiger partial charge >= 0.3 is 12.1 Å². The van der Waals surface area contributed by atoms with Gasteiger partial charge in [0.05, 0.1) is 6.42 Å². The molecule has 0 spiro atoms. The maximum Gasteiger partial charge on any atom is 0.407 e. The summed E-state index contributed by atoms with van der Waals surface area (Å²) in [5.74, 6) is -1.06. The number of ether oxygens (including phenoxy) is 1. The van der Waals surface area contributed by atoms with Crippen molar-refractivity contribution in [2.45, 2.75) is 24.5 Å². The van der Waals surface area contributed by atoms with E-state index in [0.717, 1.165) is 22.3 Å². The van der Waals surface area contributed by atoms with Gasteiger partial charge in [-0.3, -0.25) is 4.79 Å². The van der Waals surface area contributed by atoms with Gasteiger partial charge in [-0.05, 0) is 33.4 Å². The summed E-state index contributed by atoms with van der Waals surface area (Å²) in [4.78, 5) is 23.2. The molecule has 2 unspecified atom stereocenters. The number of alkyl carbamates (subject to hydrolysis) is 1. The van der Waals surface area contributed by atoms with Crippen molar-refractivity contribution in [3.05, 3.63) is 95.1 Å². The van der Waals surface area contributed by atoms with Crippen LogP contribution in [0.25, 0.3) is 11.1 Å². The van der Waals surface area contributed by atoms with Gasteiger partial charge in [0.1, 0.15) is 18.8 Å². The number of carboxylic acids is 1. The lowest BCUT2D eigenvalue weighted by molar-refractivity contribution is -0.136. The van der Waals surface area contributed by atoms with E-state index in [1.165, 1.54) is 6.07 Å². The maximum atomic E-state index is 12.3. The van der Waals surface area contributed by atoms with E-state index in [2.05, 4.69) is 17.4 Å². The SMILES string of the molecule is O=C(O)Cc1cccc(C(O)C(O)CNC(=O)OCC2c3ccccc3-c3ccccc32)c1. The minimum Gasteiger partial charge on any atom is -0.481 e. The largest absolute Gasteiger partial charge is 0.481 e. The lowest BCUT2D eigenvalue weighted by Gasteiger charge is -2.20. The molecule has 3 aromatic carbocycles. The summed E-state index contributed by atoms with van der Waals surface area (Å²) in [7, 11) is 0. The number of aliphatic hydroxyl groups is 2. The Bertz CT molecular complexity index is 1120. The van der Waals surface area contributed by atoms with Crippen LogP contribution in [-0.4, -0.2) is 46.6 Å². The average molecular weight is 447 g/mol. The fraction of sp³-hybridized carbons (Fsp3) is 0.231. The number of rotatable bonds is 8. The Kier molecular flexibility index (Phi) is 6.72. The van der Waals surface area contributed by atoms with Crippen molar-refractivity contribution in [1.29, 1.82) is 0 Å². The first-order valence-electron chi connectivity index (χ1n) is 10.7. The molecule has 0 aromatic heterocycles. The minimum absolute atomic E-state index is 0.0735. The zero-order valence-electron chi connectivity index (χ0n) is 17.8. The van der Waals surface area contributed by atoms with E-state index >= 15 is 0 Å². The van der Waals surface area contributed by atoms with Crippen LogP contribution in [0.4, 0.5) is 4.79 Å². The van der Waals surface area contributed by atoms with Crippen molar-refractivity contribution in [2.75, 3.05) is 13.2 Å². The van der Waals surface area contributed by atoms with E-state index in [-0.39, 0.29) is 25.5 Å². The number of amides is 1. The Balaban J connectivity index is 1.32. The van der Waals surface area contributed by atoms with E-state index in [0.29, 0.717) is 11.1 Å². The molecule has 1 aliphatic carbocycles. The van der Waals surface area contributed by atoms with Crippen LogP contribution >= 0.6 is 0 Å². The third-order valence-electron chi connectivity index (χ3n) is 5.81. The number of nitrogens with one attached hydrogen (secondary N) is 1. The summed E-state index contributed by atoms with van der Waals surface area (Å²) in [5, 5.41) is 32.1. The molecule has 0 heterocycles. The number of benzene rings is 3. The quantitative estimate of drug-likeness (QED) is 0.421. The predicted molar refractivity (Wildman–Crippen MR) is 122 cm³/mol. The lowest BCUT2D eigenvalue weighted by atomic mass is 9.98. The van der Waals surface area contributed by atoms with Crippen LogP contribution in [0.1, 0.15) is 34.3 Å². The zero-order valence-corrected chi connectivity index (χ0v) is 17.8. The third-order valence-corrected chi connectivity index (χ3v) is 5.81. The average Bonchev–Trinajstić information content (AvgIpc) is 3.14. The van der Waals surface area contributed by atoms with Crippen LogP contribution in [0.15, 0.2) is 72.8 Å². The smallest absolute Gasteiger partial charge is 0.407 e. The van der Waals surface area contributed by atoms with Crippen LogP contribution in [0, 0.1) is 0 Å². The van der Waals surface area contributed by atoms with Gasteiger partial charge < -0.3 is 25.4 Å². The number of carbonyl (C=O) groups is 2. The van der Waals surface area contributed by atoms with E-state index in [1.807, 2.05) is 36.4 Å². The summed E-state index contributed by atoms with van der Waals surface area (Å²) < 4.78 is 5.43. The molecule has 4 N–H and O–H groups in total. The van der Waals surface area contributed by atoms with Gasteiger partial charge in [-0.25, -0.2) is 4.79 Å². The summed E-state index contributed by atoms with van der Waals surface area (Å²) in [6, 6.07) is 22.4. The molecular formula is C26H25NO6. The molecule has 0 saturated carbocycles. The third kappa shape index (κ3) is 5.05. The highest BCUT2D eigenvalue weighted by molar-refractivity contribution is 5.79. The fourth-order valence-corrected chi connectivity index (χ4v) is 4.23. The van der Waals surface area contributed by atoms with E-state index in [1.54, 1.807) is 18.2 Å². The van der Waals surface area contributed by atoms with E-state index < -0.39 is 24.3 Å². The molecule has 1 amide bonds. The van der Waals surface area contributed by atoms with E-state index in [9.17, 15) is 19.8 Å². The molecule has 2 atom stereocenters. The zero-order chi connectivity index (χ0) is 23.4. The molecule has 4 rings (SSSR count). The molecule has 3 aromatic rings. The van der Waals surface area contributed by atoms with Gasteiger partial charge in [-0.15, -0.1) is 0 Å². The van der Waals surface area contributed by atoms with Crippen LogP contribution in [0.2, 0.25) is 0 Å². The molecule has 33 heavy (non-hydrogen) atoms. The van der Waals surface area contributed by atoms with Crippen molar-refractivity contribution in [1.82, 2.24) is 5.32 Å². The van der Waals surface area contributed by atoms with Gasteiger partial charge in [-0.1, -0.05) is 72.8 Å². The number of carbonyl (C=O) groups excluding carboxylic acids is 1. The van der Waals surface area contributed by atoms with Crippen LogP contribution in [-0.2, 0) is 16.0 Å². The first-order valence-corrected chi connectivity index (χ1v) is 10.7. The van der Waals surface area contributed by atoms with Crippen molar-refractivity contribution in [3.8, 4) is 11.1 Å². The molecule has 0 radical (unpaired) electrons. The second-order valence-electron chi connectivity index (χ2n) is 8.03. The number of hydrogen-bond acceptors (Lipinski definition) is 5.